The van der Waals surface area contributed by atoms with Crippen molar-refractivity contribution in [3.63, 3.8) is 0 Å². The normalized spacial score (nSPS) is 10.2. The molecule has 138 valence electrons. The number of anilines is 1. The van der Waals surface area contributed by atoms with E-state index in [9.17, 15) is 9.59 Å². The Morgan fingerprint density at radius 3 is 2.54 bits per heavy atom. The summed E-state index contributed by atoms with van der Waals surface area (Å²) in [6.07, 6.45) is 4.19. The lowest BCUT2D eigenvalue weighted by Crippen LogP contribution is -2.31. The van der Waals surface area contributed by atoms with Crippen LogP contribution < -0.4 is 16.0 Å². The number of hydrogen-bond acceptors (Lipinski definition) is 4. The topological polar surface area (TPSA) is 92.4 Å². The van der Waals surface area contributed by atoms with Gasteiger partial charge >= 0.3 is 6.03 Å². The van der Waals surface area contributed by atoms with Crippen LogP contribution in [0.2, 0.25) is 0 Å². The zero-order chi connectivity index (χ0) is 18.8. The van der Waals surface area contributed by atoms with E-state index < -0.39 is 0 Å². The van der Waals surface area contributed by atoms with Crippen molar-refractivity contribution in [3.8, 4) is 0 Å². The number of aryl methyl sites for hydroxylation is 1. The highest BCUT2D eigenvalue weighted by molar-refractivity contribution is 5.96. The number of ether oxygens (including phenoxy) is 1. The van der Waals surface area contributed by atoms with Gasteiger partial charge in [0.25, 0.3) is 5.91 Å². The average Bonchev–Trinajstić information content (AvgIpc) is 2.64. The molecule has 1 heterocycles. The number of aromatic nitrogens is 1. The first-order valence-corrected chi connectivity index (χ1v) is 8.41. The minimum absolute atomic E-state index is 0.168. The summed E-state index contributed by atoms with van der Waals surface area (Å²) in [6.45, 7) is 3.28. The average molecular weight is 356 g/mol. The molecule has 3 N–H and O–H groups in total. The van der Waals surface area contributed by atoms with Crippen molar-refractivity contribution >= 4 is 17.6 Å². The van der Waals surface area contributed by atoms with Gasteiger partial charge in [-0.25, -0.2) is 4.79 Å². The smallest absolute Gasteiger partial charge is 0.319 e. The number of rotatable bonds is 8. The zero-order valence-corrected chi connectivity index (χ0v) is 15.0. The van der Waals surface area contributed by atoms with Crippen LogP contribution in [0.1, 0.15) is 21.5 Å². The lowest BCUT2D eigenvalue weighted by Gasteiger charge is -2.11. The van der Waals surface area contributed by atoms with E-state index >= 15 is 0 Å². The SMILES string of the molecule is COCCNC(=O)c1ccc(NC(=O)NCCc2ccncc2)c(C)c1. The molecular formula is C19H24N4O3. The van der Waals surface area contributed by atoms with Crippen LogP contribution in [0.15, 0.2) is 42.7 Å². The number of amides is 3. The first kappa shape index (κ1) is 19.4. The summed E-state index contributed by atoms with van der Waals surface area (Å²) in [7, 11) is 1.58. The molecule has 0 saturated carbocycles. The highest BCUT2D eigenvalue weighted by Gasteiger charge is 2.09. The molecule has 0 radical (unpaired) electrons. The summed E-state index contributed by atoms with van der Waals surface area (Å²) in [5.41, 5.74) is 3.14. The molecule has 0 saturated heterocycles. The molecule has 2 aromatic rings. The molecule has 2 rings (SSSR count). The first-order valence-electron chi connectivity index (χ1n) is 8.41. The molecule has 0 atom stereocenters. The number of pyridine rings is 1. The molecule has 1 aromatic carbocycles. The third-order valence-corrected chi connectivity index (χ3v) is 3.78. The second-order valence-corrected chi connectivity index (χ2v) is 5.76. The Kier molecular flexibility index (Phi) is 7.57. The fourth-order valence-electron chi connectivity index (χ4n) is 2.35. The highest BCUT2D eigenvalue weighted by Crippen LogP contribution is 2.16. The van der Waals surface area contributed by atoms with E-state index in [1.165, 1.54) is 0 Å². The Balaban J connectivity index is 1.83. The molecule has 0 aliphatic heterocycles. The molecule has 0 bridgehead atoms. The fourth-order valence-corrected chi connectivity index (χ4v) is 2.35. The van der Waals surface area contributed by atoms with E-state index in [0.29, 0.717) is 30.9 Å². The standard InChI is InChI=1S/C19H24N4O3/c1-14-13-16(18(24)21-11-12-26-2)3-4-17(14)23-19(25)22-10-7-15-5-8-20-9-6-15/h3-6,8-9,13H,7,10-12H2,1-2H3,(H,21,24)(H2,22,23,25). The predicted octanol–water partition coefficient (Wildman–Crippen LogP) is 2.13. The lowest BCUT2D eigenvalue weighted by molar-refractivity contribution is 0.0937. The maximum Gasteiger partial charge on any atom is 0.319 e. The van der Waals surface area contributed by atoms with Crippen molar-refractivity contribution in [2.45, 2.75) is 13.3 Å². The second kappa shape index (κ2) is 10.1. The maximum absolute atomic E-state index is 12.0. The first-order chi connectivity index (χ1) is 12.6. The van der Waals surface area contributed by atoms with Gasteiger partial charge in [0.05, 0.1) is 6.61 Å². The van der Waals surface area contributed by atoms with E-state index in [2.05, 4.69) is 20.9 Å². The molecular weight excluding hydrogens is 332 g/mol. The van der Waals surface area contributed by atoms with E-state index in [-0.39, 0.29) is 11.9 Å². The Bertz CT molecular complexity index is 735. The molecule has 0 spiro atoms. The van der Waals surface area contributed by atoms with Crippen molar-refractivity contribution in [1.29, 1.82) is 0 Å². The van der Waals surface area contributed by atoms with E-state index in [1.54, 1.807) is 37.7 Å². The third kappa shape index (κ3) is 6.18. The Morgan fingerprint density at radius 2 is 1.85 bits per heavy atom. The summed E-state index contributed by atoms with van der Waals surface area (Å²) >= 11 is 0. The number of nitrogens with one attached hydrogen (secondary N) is 3. The molecule has 7 nitrogen and oxygen atoms in total. The van der Waals surface area contributed by atoms with E-state index in [1.807, 2.05) is 19.1 Å². The van der Waals surface area contributed by atoms with E-state index in [0.717, 1.165) is 17.5 Å². The largest absolute Gasteiger partial charge is 0.383 e. The van der Waals surface area contributed by atoms with E-state index in [4.69, 9.17) is 4.74 Å². The van der Waals surface area contributed by atoms with Gasteiger partial charge in [-0.05, 0) is 54.8 Å². The second-order valence-electron chi connectivity index (χ2n) is 5.76. The fraction of sp³-hybridized carbons (Fsp3) is 0.316. The zero-order valence-electron chi connectivity index (χ0n) is 15.0. The molecule has 0 aliphatic rings. The summed E-state index contributed by atoms with van der Waals surface area (Å²) in [5, 5.41) is 8.38. The predicted molar refractivity (Wildman–Crippen MR) is 100 cm³/mol. The number of nitrogens with zero attached hydrogens (tertiary/aromatic N) is 1. The molecule has 26 heavy (non-hydrogen) atoms. The third-order valence-electron chi connectivity index (χ3n) is 3.78. The molecule has 7 heteroatoms. The number of carbonyl (C=O) groups is 2. The Hall–Kier alpha value is -2.93. The van der Waals surface area contributed by atoms with Crippen LogP contribution in [0.25, 0.3) is 0 Å². The van der Waals surface area contributed by atoms with Crippen LogP contribution in [-0.4, -0.2) is 43.7 Å². The van der Waals surface area contributed by atoms with Crippen LogP contribution in [0.4, 0.5) is 10.5 Å². The number of urea groups is 1. The van der Waals surface area contributed by atoms with Crippen molar-refractivity contribution < 1.29 is 14.3 Å². The van der Waals surface area contributed by atoms with Gasteiger partial charge in [-0.3, -0.25) is 9.78 Å². The summed E-state index contributed by atoms with van der Waals surface area (Å²) < 4.78 is 4.90. The van der Waals surface area contributed by atoms with Crippen LogP contribution in [-0.2, 0) is 11.2 Å². The van der Waals surface area contributed by atoms with Crippen molar-refractivity contribution in [1.82, 2.24) is 15.6 Å². The van der Waals surface area contributed by atoms with Crippen molar-refractivity contribution in [2.75, 3.05) is 32.1 Å². The molecule has 0 fully saturated rings. The van der Waals surface area contributed by atoms with Crippen LogP contribution in [0, 0.1) is 6.92 Å². The van der Waals surface area contributed by atoms with Gasteiger partial charge in [-0.15, -0.1) is 0 Å². The Labute approximate surface area is 153 Å². The highest BCUT2D eigenvalue weighted by atomic mass is 16.5. The summed E-state index contributed by atoms with van der Waals surface area (Å²) in [4.78, 5) is 28.0. The monoisotopic (exact) mass is 356 g/mol. The van der Waals surface area contributed by atoms with Gasteiger partial charge in [0, 0.05) is 43.8 Å². The van der Waals surface area contributed by atoms with Gasteiger partial charge in [0.15, 0.2) is 0 Å². The van der Waals surface area contributed by atoms with Crippen molar-refractivity contribution in [3.05, 3.63) is 59.4 Å². The number of carbonyl (C=O) groups excluding carboxylic acids is 2. The van der Waals surface area contributed by atoms with Gasteiger partial charge in [-0.2, -0.15) is 0 Å². The molecule has 3 amide bonds. The number of hydrogen-bond donors (Lipinski definition) is 3. The minimum atomic E-state index is -0.278. The number of benzene rings is 1. The van der Waals surface area contributed by atoms with Gasteiger partial charge in [0.2, 0.25) is 0 Å². The van der Waals surface area contributed by atoms with Crippen molar-refractivity contribution in [2.24, 2.45) is 0 Å². The summed E-state index contributed by atoms with van der Waals surface area (Å²) in [6, 6.07) is 8.71. The Morgan fingerprint density at radius 1 is 1.08 bits per heavy atom. The van der Waals surface area contributed by atoms with Crippen LogP contribution in [0.3, 0.4) is 0 Å². The lowest BCUT2D eigenvalue weighted by atomic mass is 10.1. The molecule has 0 aliphatic carbocycles. The van der Waals surface area contributed by atoms with Gasteiger partial charge in [-0.1, -0.05) is 0 Å². The minimum Gasteiger partial charge on any atom is -0.383 e. The quantitative estimate of drug-likeness (QED) is 0.632. The molecule has 1 aromatic heterocycles. The summed E-state index contributed by atoms with van der Waals surface area (Å²) in [5.74, 6) is -0.168. The van der Waals surface area contributed by atoms with Gasteiger partial charge < -0.3 is 20.7 Å². The number of methoxy groups -OCH3 is 1. The van der Waals surface area contributed by atoms with Crippen LogP contribution >= 0.6 is 0 Å². The maximum atomic E-state index is 12.0. The molecule has 0 unspecified atom stereocenters. The van der Waals surface area contributed by atoms with Gasteiger partial charge in [0.1, 0.15) is 0 Å². The van der Waals surface area contributed by atoms with Crippen LogP contribution in [0.5, 0.6) is 0 Å².